The summed E-state index contributed by atoms with van der Waals surface area (Å²) in [5.74, 6) is 0. The molecule has 0 aliphatic carbocycles. The lowest BCUT2D eigenvalue weighted by Gasteiger charge is -2.22. The summed E-state index contributed by atoms with van der Waals surface area (Å²) in [5.41, 5.74) is 1.91. The minimum Gasteiger partial charge on any atom is -0.353 e. The Morgan fingerprint density at radius 3 is 3.00 bits per heavy atom. The predicted molar refractivity (Wildman–Crippen MR) is 71.1 cm³/mol. The van der Waals surface area contributed by atoms with Gasteiger partial charge in [-0.1, -0.05) is 11.6 Å². The van der Waals surface area contributed by atoms with Crippen LogP contribution in [0.1, 0.15) is 30.4 Å². The van der Waals surface area contributed by atoms with E-state index in [9.17, 15) is 10.1 Å². The summed E-state index contributed by atoms with van der Waals surface area (Å²) < 4.78 is 11.1. The number of hydrogen-bond donors (Lipinski definition) is 0. The zero-order valence-electron chi connectivity index (χ0n) is 11.1. The first kappa shape index (κ1) is 14.0. The van der Waals surface area contributed by atoms with Gasteiger partial charge in [0.2, 0.25) is 0 Å². The van der Waals surface area contributed by atoms with Crippen molar-refractivity contribution in [1.82, 2.24) is 0 Å². The van der Waals surface area contributed by atoms with Crippen molar-refractivity contribution >= 4 is 5.69 Å². The van der Waals surface area contributed by atoms with E-state index in [0.717, 1.165) is 37.0 Å². The molecule has 104 valence electrons. The number of ether oxygens (including phenoxy) is 2. The van der Waals surface area contributed by atoms with E-state index in [4.69, 9.17) is 9.47 Å². The molecule has 0 amide bonds. The molecule has 0 N–H and O–H groups in total. The molecule has 1 aromatic rings. The lowest BCUT2D eigenvalue weighted by molar-refractivity contribution is -0.385. The van der Waals surface area contributed by atoms with Crippen molar-refractivity contribution < 1.29 is 14.4 Å². The molecular formula is C14H19NO4. The van der Waals surface area contributed by atoms with Gasteiger partial charge in [-0.05, 0) is 32.3 Å². The smallest absolute Gasteiger partial charge is 0.272 e. The monoisotopic (exact) mass is 265 g/mol. The van der Waals surface area contributed by atoms with Crippen LogP contribution in [0.4, 0.5) is 5.69 Å². The summed E-state index contributed by atoms with van der Waals surface area (Å²) in [6, 6.07) is 5.16. The van der Waals surface area contributed by atoms with Crippen molar-refractivity contribution in [2.75, 3.05) is 13.2 Å². The summed E-state index contributed by atoms with van der Waals surface area (Å²) in [6.45, 7) is 3.13. The molecule has 0 bridgehead atoms. The predicted octanol–water partition coefficient (Wildman–Crippen LogP) is 2.99. The van der Waals surface area contributed by atoms with E-state index in [-0.39, 0.29) is 16.9 Å². The molecular weight excluding hydrogens is 246 g/mol. The molecule has 1 unspecified atom stereocenters. The standard InChI is InChI=1S/C14H19NO4/c1-11-5-6-13(15(16)17)12(10-11)7-9-19-14-4-2-3-8-18-14/h5-6,10,14H,2-4,7-9H2,1H3. The molecule has 5 heteroatoms. The minimum atomic E-state index is -0.341. The van der Waals surface area contributed by atoms with Crippen molar-refractivity contribution in [1.29, 1.82) is 0 Å². The summed E-state index contributed by atoms with van der Waals surface area (Å²) in [6.07, 6.45) is 3.52. The fraction of sp³-hybridized carbons (Fsp3) is 0.571. The van der Waals surface area contributed by atoms with Gasteiger partial charge >= 0.3 is 0 Å². The zero-order chi connectivity index (χ0) is 13.7. The van der Waals surface area contributed by atoms with E-state index < -0.39 is 0 Å². The van der Waals surface area contributed by atoms with Crippen molar-refractivity contribution in [2.24, 2.45) is 0 Å². The van der Waals surface area contributed by atoms with Gasteiger partial charge in [0.25, 0.3) is 5.69 Å². The molecule has 1 atom stereocenters. The van der Waals surface area contributed by atoms with E-state index in [1.54, 1.807) is 12.1 Å². The first-order valence-corrected chi connectivity index (χ1v) is 6.64. The molecule has 1 fully saturated rings. The van der Waals surface area contributed by atoms with Gasteiger partial charge in [0.05, 0.1) is 11.5 Å². The number of nitro benzene ring substituents is 1. The fourth-order valence-corrected chi connectivity index (χ4v) is 2.24. The lowest BCUT2D eigenvalue weighted by atomic mass is 10.1. The van der Waals surface area contributed by atoms with Crippen molar-refractivity contribution in [3.63, 3.8) is 0 Å². The van der Waals surface area contributed by atoms with Crippen molar-refractivity contribution in [3.05, 3.63) is 39.4 Å². The van der Waals surface area contributed by atoms with E-state index >= 15 is 0 Å². The van der Waals surface area contributed by atoms with Crippen molar-refractivity contribution in [2.45, 2.75) is 38.9 Å². The number of nitro groups is 1. The molecule has 0 saturated carbocycles. The van der Waals surface area contributed by atoms with Crippen LogP contribution in [0.2, 0.25) is 0 Å². The van der Waals surface area contributed by atoms with Gasteiger partial charge in [-0.15, -0.1) is 0 Å². The normalized spacial score (nSPS) is 19.3. The largest absolute Gasteiger partial charge is 0.353 e. The maximum Gasteiger partial charge on any atom is 0.272 e. The molecule has 1 aliphatic rings. The highest BCUT2D eigenvalue weighted by Gasteiger charge is 2.16. The summed E-state index contributed by atoms with van der Waals surface area (Å²) in [7, 11) is 0. The Bertz CT molecular complexity index is 441. The highest BCUT2D eigenvalue weighted by atomic mass is 16.7. The lowest BCUT2D eigenvalue weighted by Crippen LogP contribution is -2.23. The summed E-state index contributed by atoms with van der Waals surface area (Å²) in [4.78, 5) is 10.6. The average Bonchev–Trinajstić information content (AvgIpc) is 2.39. The second kappa shape index (κ2) is 6.63. The van der Waals surface area contributed by atoms with Crippen LogP contribution in [0.3, 0.4) is 0 Å². The van der Waals surface area contributed by atoms with Gasteiger partial charge in [-0.3, -0.25) is 10.1 Å². The van der Waals surface area contributed by atoms with E-state index in [1.807, 2.05) is 13.0 Å². The van der Waals surface area contributed by atoms with E-state index in [0.29, 0.717) is 13.0 Å². The van der Waals surface area contributed by atoms with Gasteiger partial charge in [0.15, 0.2) is 6.29 Å². The third-order valence-electron chi connectivity index (χ3n) is 3.24. The third-order valence-corrected chi connectivity index (χ3v) is 3.24. The van der Waals surface area contributed by atoms with Gasteiger partial charge < -0.3 is 9.47 Å². The quantitative estimate of drug-likeness (QED) is 0.606. The van der Waals surface area contributed by atoms with Crippen LogP contribution in [0.25, 0.3) is 0 Å². The molecule has 0 radical (unpaired) electrons. The number of hydrogen-bond acceptors (Lipinski definition) is 4. The van der Waals surface area contributed by atoms with Gasteiger partial charge in [-0.2, -0.15) is 0 Å². The molecule has 1 heterocycles. The van der Waals surface area contributed by atoms with Crippen LogP contribution in [-0.2, 0) is 15.9 Å². The van der Waals surface area contributed by atoms with Crippen LogP contribution in [-0.4, -0.2) is 24.4 Å². The van der Waals surface area contributed by atoms with Crippen molar-refractivity contribution in [3.8, 4) is 0 Å². The SMILES string of the molecule is Cc1ccc([N+](=O)[O-])c(CCOC2CCCCO2)c1. The first-order valence-electron chi connectivity index (χ1n) is 6.64. The zero-order valence-corrected chi connectivity index (χ0v) is 11.1. The summed E-state index contributed by atoms with van der Waals surface area (Å²) >= 11 is 0. The highest BCUT2D eigenvalue weighted by molar-refractivity contribution is 5.42. The van der Waals surface area contributed by atoms with Gasteiger partial charge in [-0.25, -0.2) is 0 Å². The minimum absolute atomic E-state index is 0.141. The van der Waals surface area contributed by atoms with Crippen LogP contribution in [0.5, 0.6) is 0 Å². The molecule has 0 spiro atoms. The highest BCUT2D eigenvalue weighted by Crippen LogP contribution is 2.21. The molecule has 1 aromatic carbocycles. The van der Waals surface area contributed by atoms with Gasteiger partial charge in [0, 0.05) is 24.7 Å². The second-order valence-corrected chi connectivity index (χ2v) is 4.81. The first-order chi connectivity index (χ1) is 9.16. The molecule has 1 aliphatic heterocycles. The Balaban J connectivity index is 1.91. The molecule has 2 rings (SSSR count). The Labute approximate surface area is 112 Å². The maximum atomic E-state index is 10.9. The Morgan fingerprint density at radius 1 is 1.47 bits per heavy atom. The van der Waals surface area contributed by atoms with Crippen LogP contribution < -0.4 is 0 Å². The van der Waals surface area contributed by atoms with Crippen LogP contribution >= 0.6 is 0 Å². The fourth-order valence-electron chi connectivity index (χ4n) is 2.24. The Hall–Kier alpha value is -1.46. The average molecular weight is 265 g/mol. The molecule has 0 aromatic heterocycles. The van der Waals surface area contributed by atoms with E-state index in [2.05, 4.69) is 0 Å². The van der Waals surface area contributed by atoms with Crippen LogP contribution in [0, 0.1) is 17.0 Å². The third kappa shape index (κ3) is 4.01. The van der Waals surface area contributed by atoms with E-state index in [1.165, 1.54) is 0 Å². The molecule has 5 nitrogen and oxygen atoms in total. The number of benzene rings is 1. The molecule has 19 heavy (non-hydrogen) atoms. The maximum absolute atomic E-state index is 10.9. The second-order valence-electron chi connectivity index (χ2n) is 4.81. The number of rotatable bonds is 5. The summed E-state index contributed by atoms with van der Waals surface area (Å²) in [5, 5.41) is 10.9. The number of nitrogens with zero attached hydrogens (tertiary/aromatic N) is 1. The number of aryl methyl sites for hydroxylation is 1. The van der Waals surface area contributed by atoms with Gasteiger partial charge in [0.1, 0.15) is 0 Å². The Kier molecular flexibility index (Phi) is 4.87. The topological polar surface area (TPSA) is 61.6 Å². The molecule has 1 saturated heterocycles. The Morgan fingerprint density at radius 2 is 2.32 bits per heavy atom. The van der Waals surface area contributed by atoms with Crippen LogP contribution in [0.15, 0.2) is 18.2 Å².